The van der Waals surface area contributed by atoms with Crippen LogP contribution in [0.15, 0.2) is 36.1 Å². The van der Waals surface area contributed by atoms with Crippen LogP contribution in [0.5, 0.6) is 0 Å². The molecule has 4 nitrogen and oxygen atoms in total. The molecule has 0 radical (unpaired) electrons. The molecule has 5 heteroatoms. The van der Waals surface area contributed by atoms with Gasteiger partial charge in [0.2, 0.25) is 0 Å². The molecule has 0 saturated heterocycles. The Balaban J connectivity index is 2.27. The Hall–Kier alpha value is -1.88. The van der Waals surface area contributed by atoms with Crippen molar-refractivity contribution in [3.05, 3.63) is 47.5 Å². The molecule has 17 heavy (non-hydrogen) atoms. The van der Waals surface area contributed by atoms with Crippen molar-refractivity contribution < 1.29 is 23.8 Å². The summed E-state index contributed by atoms with van der Waals surface area (Å²) in [5.41, 5.74) is 0.0650. The molecule has 2 unspecified atom stereocenters. The zero-order valence-corrected chi connectivity index (χ0v) is 9.09. The quantitative estimate of drug-likeness (QED) is 0.807. The van der Waals surface area contributed by atoms with E-state index in [4.69, 9.17) is 9.47 Å². The molecule has 1 aliphatic heterocycles. The van der Waals surface area contributed by atoms with Gasteiger partial charge >= 0.3 is 5.97 Å². The Morgan fingerprint density at radius 1 is 1.47 bits per heavy atom. The topological polar surface area (TPSA) is 55.8 Å². The highest BCUT2D eigenvalue weighted by Gasteiger charge is 2.35. The molecule has 90 valence electrons. The van der Waals surface area contributed by atoms with E-state index in [0.29, 0.717) is 0 Å². The minimum absolute atomic E-state index is 0.0650. The molecule has 2 atom stereocenters. The maximum absolute atomic E-state index is 13.5. The Bertz CT molecular complexity index is 469. The molecular weight excluding hydrogens is 227 g/mol. The van der Waals surface area contributed by atoms with Crippen LogP contribution >= 0.6 is 0 Å². The van der Waals surface area contributed by atoms with E-state index in [2.05, 4.69) is 0 Å². The summed E-state index contributed by atoms with van der Waals surface area (Å²) in [6.45, 7) is 0. The zero-order chi connectivity index (χ0) is 12.4. The highest BCUT2D eigenvalue weighted by molar-refractivity contribution is 5.85. The van der Waals surface area contributed by atoms with Crippen LogP contribution < -0.4 is 0 Å². The normalized spacial score (nSPS) is 20.8. The lowest BCUT2D eigenvalue weighted by Gasteiger charge is -2.20. The SMILES string of the molecule is COC1=CC(=O)OC1C(O)c1ccccc1F. The second kappa shape index (κ2) is 4.55. The zero-order valence-electron chi connectivity index (χ0n) is 9.09. The first-order valence-corrected chi connectivity index (χ1v) is 5.02. The minimum Gasteiger partial charge on any atom is -0.497 e. The number of hydrogen-bond donors (Lipinski definition) is 1. The summed E-state index contributed by atoms with van der Waals surface area (Å²) in [5, 5.41) is 9.98. The Labute approximate surface area is 97.3 Å². The molecule has 1 aliphatic rings. The summed E-state index contributed by atoms with van der Waals surface area (Å²) < 4.78 is 23.2. The summed E-state index contributed by atoms with van der Waals surface area (Å²) in [4.78, 5) is 11.1. The van der Waals surface area contributed by atoms with Crippen LogP contribution in [0.3, 0.4) is 0 Å². The number of halogens is 1. The van der Waals surface area contributed by atoms with Crippen LogP contribution in [0.4, 0.5) is 4.39 Å². The van der Waals surface area contributed by atoms with E-state index in [9.17, 15) is 14.3 Å². The van der Waals surface area contributed by atoms with Gasteiger partial charge in [-0.25, -0.2) is 9.18 Å². The minimum atomic E-state index is -1.28. The van der Waals surface area contributed by atoms with Gasteiger partial charge < -0.3 is 14.6 Å². The number of carbonyl (C=O) groups is 1. The molecule has 0 fully saturated rings. The summed E-state index contributed by atoms with van der Waals surface area (Å²) in [6.07, 6.45) is -1.15. The van der Waals surface area contributed by atoms with Crippen molar-refractivity contribution in [2.24, 2.45) is 0 Å². The molecule has 0 saturated carbocycles. The largest absolute Gasteiger partial charge is 0.497 e. The van der Waals surface area contributed by atoms with Crippen LogP contribution in [0.2, 0.25) is 0 Å². The van der Waals surface area contributed by atoms with Gasteiger partial charge in [-0.15, -0.1) is 0 Å². The molecule has 0 spiro atoms. The fourth-order valence-electron chi connectivity index (χ4n) is 1.69. The first kappa shape index (κ1) is 11.6. The third kappa shape index (κ3) is 2.14. The first-order chi connectivity index (χ1) is 8.13. The van der Waals surface area contributed by atoms with Gasteiger partial charge in [0.15, 0.2) is 6.10 Å². The van der Waals surface area contributed by atoms with E-state index in [0.717, 1.165) is 6.08 Å². The van der Waals surface area contributed by atoms with Gasteiger partial charge in [-0.1, -0.05) is 18.2 Å². The average Bonchev–Trinajstić information content (AvgIpc) is 2.70. The van der Waals surface area contributed by atoms with E-state index in [1.807, 2.05) is 0 Å². The number of aliphatic hydroxyl groups excluding tert-OH is 1. The number of aliphatic hydroxyl groups is 1. The lowest BCUT2D eigenvalue weighted by Crippen LogP contribution is -2.23. The van der Waals surface area contributed by atoms with Crippen LogP contribution in [0, 0.1) is 5.82 Å². The second-order valence-corrected chi connectivity index (χ2v) is 3.57. The first-order valence-electron chi connectivity index (χ1n) is 5.02. The van der Waals surface area contributed by atoms with Crippen molar-refractivity contribution in [2.75, 3.05) is 7.11 Å². The lowest BCUT2D eigenvalue weighted by molar-refractivity contribution is -0.144. The molecule has 0 aromatic heterocycles. The number of methoxy groups -OCH3 is 1. The van der Waals surface area contributed by atoms with Gasteiger partial charge in [0.1, 0.15) is 17.7 Å². The van der Waals surface area contributed by atoms with Crippen LogP contribution in [0.25, 0.3) is 0 Å². The Kier molecular flexibility index (Phi) is 3.10. The highest BCUT2D eigenvalue weighted by Crippen LogP contribution is 2.30. The number of esters is 1. The predicted octanol–water partition coefficient (Wildman–Crippen LogP) is 1.31. The number of hydrogen-bond acceptors (Lipinski definition) is 4. The molecule has 1 aromatic carbocycles. The van der Waals surface area contributed by atoms with Crippen molar-refractivity contribution in [3.8, 4) is 0 Å². The van der Waals surface area contributed by atoms with Crippen molar-refractivity contribution >= 4 is 5.97 Å². The number of cyclic esters (lactones) is 1. The molecular formula is C12H11FO4. The lowest BCUT2D eigenvalue weighted by atomic mass is 10.0. The summed E-state index contributed by atoms with van der Waals surface area (Å²) >= 11 is 0. The average molecular weight is 238 g/mol. The van der Waals surface area contributed by atoms with Crippen molar-refractivity contribution in [1.82, 2.24) is 0 Å². The van der Waals surface area contributed by atoms with Gasteiger partial charge in [-0.05, 0) is 6.07 Å². The molecule has 0 aliphatic carbocycles. The monoisotopic (exact) mass is 238 g/mol. The molecule has 0 amide bonds. The van der Waals surface area contributed by atoms with Crippen molar-refractivity contribution in [3.63, 3.8) is 0 Å². The molecule has 0 bridgehead atoms. The Morgan fingerprint density at radius 2 is 2.18 bits per heavy atom. The number of ether oxygens (including phenoxy) is 2. The maximum atomic E-state index is 13.5. The van der Waals surface area contributed by atoms with E-state index in [-0.39, 0.29) is 11.3 Å². The van der Waals surface area contributed by atoms with E-state index >= 15 is 0 Å². The third-order valence-corrected chi connectivity index (χ3v) is 2.53. The number of rotatable bonds is 3. The smallest absolute Gasteiger partial charge is 0.335 e. The fourth-order valence-corrected chi connectivity index (χ4v) is 1.69. The van der Waals surface area contributed by atoms with Gasteiger partial charge in [0, 0.05) is 5.56 Å². The standard InChI is InChI=1S/C12H11FO4/c1-16-9-6-10(14)17-12(9)11(15)7-4-2-3-5-8(7)13/h2-6,11-12,15H,1H3. The Morgan fingerprint density at radius 3 is 2.82 bits per heavy atom. The second-order valence-electron chi connectivity index (χ2n) is 3.57. The molecule has 1 heterocycles. The molecule has 1 aromatic rings. The highest BCUT2D eigenvalue weighted by atomic mass is 19.1. The summed E-state index contributed by atoms with van der Waals surface area (Å²) in [7, 11) is 1.36. The molecule has 2 rings (SSSR count). The number of carbonyl (C=O) groups excluding carboxylic acids is 1. The predicted molar refractivity (Wildman–Crippen MR) is 56.3 cm³/mol. The van der Waals surface area contributed by atoms with Gasteiger partial charge in [0.25, 0.3) is 0 Å². The van der Waals surface area contributed by atoms with Crippen molar-refractivity contribution in [2.45, 2.75) is 12.2 Å². The van der Waals surface area contributed by atoms with Gasteiger partial charge in [0.05, 0.1) is 13.2 Å². The van der Waals surface area contributed by atoms with Crippen LogP contribution in [-0.2, 0) is 14.3 Å². The van der Waals surface area contributed by atoms with E-state index in [1.165, 1.54) is 25.3 Å². The number of benzene rings is 1. The van der Waals surface area contributed by atoms with Crippen LogP contribution in [-0.4, -0.2) is 24.3 Å². The maximum Gasteiger partial charge on any atom is 0.335 e. The summed E-state index contributed by atoms with van der Waals surface area (Å²) in [6, 6.07) is 5.76. The van der Waals surface area contributed by atoms with Crippen LogP contribution in [0.1, 0.15) is 11.7 Å². The third-order valence-electron chi connectivity index (χ3n) is 2.53. The van der Waals surface area contributed by atoms with Gasteiger partial charge in [-0.3, -0.25) is 0 Å². The van der Waals surface area contributed by atoms with E-state index in [1.54, 1.807) is 6.07 Å². The summed E-state index contributed by atoms with van der Waals surface area (Å²) in [5.74, 6) is -0.980. The fraction of sp³-hybridized carbons (Fsp3) is 0.250. The van der Waals surface area contributed by atoms with Crippen molar-refractivity contribution in [1.29, 1.82) is 0 Å². The molecule has 1 N–H and O–H groups in total. The van der Waals surface area contributed by atoms with Gasteiger partial charge in [-0.2, -0.15) is 0 Å². The van der Waals surface area contributed by atoms with E-state index < -0.39 is 24.0 Å².